The second-order valence-corrected chi connectivity index (χ2v) is 3.46. The molecule has 0 saturated heterocycles. The minimum Gasteiger partial charge on any atom is -0.479 e. The van der Waals surface area contributed by atoms with Crippen molar-refractivity contribution in [2.24, 2.45) is 0 Å². The van der Waals surface area contributed by atoms with Crippen molar-refractivity contribution in [2.45, 2.75) is 19.4 Å². The van der Waals surface area contributed by atoms with Crippen LogP contribution in [-0.2, 0) is 9.53 Å². The highest BCUT2D eigenvalue weighted by Gasteiger charge is 2.19. The molecule has 0 aliphatic carbocycles. The molecule has 1 unspecified atom stereocenters. The highest BCUT2D eigenvalue weighted by atomic mass is 16.5. The molecule has 17 heavy (non-hydrogen) atoms. The Balaban J connectivity index is 4.16. The van der Waals surface area contributed by atoms with E-state index in [-0.39, 0.29) is 19.7 Å². The van der Waals surface area contributed by atoms with Gasteiger partial charge in [0.2, 0.25) is 0 Å². The van der Waals surface area contributed by atoms with E-state index < -0.39 is 18.1 Å². The van der Waals surface area contributed by atoms with Gasteiger partial charge in [0, 0.05) is 20.2 Å². The van der Waals surface area contributed by atoms with E-state index in [1.165, 1.54) is 12.0 Å². The molecule has 0 spiro atoms. The molecule has 1 atom stereocenters. The summed E-state index contributed by atoms with van der Waals surface area (Å²) in [4.78, 5) is 23.7. The number of aliphatic hydroxyl groups is 1. The van der Waals surface area contributed by atoms with Crippen molar-refractivity contribution < 1.29 is 24.5 Å². The molecule has 0 radical (unpaired) electrons. The van der Waals surface area contributed by atoms with Gasteiger partial charge in [-0.25, -0.2) is 9.59 Å². The number of aliphatic carboxylic acids is 1. The Labute approximate surface area is 100 Å². The first-order valence-corrected chi connectivity index (χ1v) is 5.46. The van der Waals surface area contributed by atoms with Crippen molar-refractivity contribution in [1.82, 2.24) is 10.2 Å². The number of carbonyl (C=O) groups is 2. The van der Waals surface area contributed by atoms with Crippen molar-refractivity contribution >= 4 is 12.0 Å². The predicted octanol–water partition coefficient (Wildman–Crippen LogP) is -0.500. The van der Waals surface area contributed by atoms with Gasteiger partial charge in [0.1, 0.15) is 0 Å². The number of hydrogen-bond donors (Lipinski definition) is 3. The molecule has 0 heterocycles. The van der Waals surface area contributed by atoms with E-state index in [2.05, 4.69) is 10.1 Å². The van der Waals surface area contributed by atoms with E-state index in [0.717, 1.165) is 6.42 Å². The summed E-state index contributed by atoms with van der Waals surface area (Å²) in [6.07, 6.45) is -0.295. The average molecular weight is 248 g/mol. The Morgan fingerprint density at radius 1 is 1.41 bits per heavy atom. The summed E-state index contributed by atoms with van der Waals surface area (Å²) < 4.78 is 4.68. The first kappa shape index (κ1) is 15.7. The smallest absolute Gasteiger partial charge is 0.334 e. The van der Waals surface area contributed by atoms with Crippen LogP contribution in [0.25, 0.3) is 0 Å². The Morgan fingerprint density at radius 2 is 2.06 bits per heavy atom. The van der Waals surface area contributed by atoms with Gasteiger partial charge in [-0.05, 0) is 6.42 Å². The van der Waals surface area contributed by atoms with Crippen LogP contribution in [0.5, 0.6) is 0 Å². The van der Waals surface area contributed by atoms with Crippen LogP contribution >= 0.6 is 0 Å². The lowest BCUT2D eigenvalue weighted by molar-refractivity contribution is -0.148. The minimum absolute atomic E-state index is 0.101. The van der Waals surface area contributed by atoms with E-state index in [0.29, 0.717) is 6.54 Å². The van der Waals surface area contributed by atoms with Crippen LogP contribution in [0.4, 0.5) is 4.79 Å². The average Bonchev–Trinajstić information content (AvgIpc) is 2.28. The van der Waals surface area contributed by atoms with Gasteiger partial charge < -0.3 is 25.2 Å². The van der Waals surface area contributed by atoms with Crippen molar-refractivity contribution in [3.05, 3.63) is 0 Å². The maximum atomic E-state index is 11.6. The fourth-order valence-electron chi connectivity index (χ4n) is 1.27. The van der Waals surface area contributed by atoms with Gasteiger partial charge >= 0.3 is 12.0 Å². The van der Waals surface area contributed by atoms with E-state index in [4.69, 9.17) is 10.2 Å². The van der Waals surface area contributed by atoms with Crippen LogP contribution in [0, 0.1) is 0 Å². The number of ether oxygens (including phenoxy) is 1. The maximum absolute atomic E-state index is 11.6. The number of nitrogens with one attached hydrogen (secondary N) is 1. The van der Waals surface area contributed by atoms with Crippen LogP contribution < -0.4 is 5.32 Å². The fraction of sp³-hybridized carbons (Fsp3) is 0.800. The molecular formula is C10H20N2O5. The molecule has 3 N–H and O–H groups in total. The van der Waals surface area contributed by atoms with E-state index in [1.807, 2.05) is 6.92 Å². The Kier molecular flexibility index (Phi) is 8.08. The Hall–Kier alpha value is -1.34. The molecule has 7 nitrogen and oxygen atoms in total. The topological polar surface area (TPSA) is 99.1 Å². The summed E-state index contributed by atoms with van der Waals surface area (Å²) in [7, 11) is 1.27. The molecule has 0 aliphatic rings. The summed E-state index contributed by atoms with van der Waals surface area (Å²) in [6, 6.07) is -0.399. The number of rotatable bonds is 8. The minimum atomic E-state index is -1.13. The van der Waals surface area contributed by atoms with E-state index in [1.54, 1.807) is 0 Å². The quantitative estimate of drug-likeness (QED) is 0.538. The first-order valence-electron chi connectivity index (χ1n) is 5.46. The van der Waals surface area contributed by atoms with Gasteiger partial charge in [0.25, 0.3) is 0 Å². The van der Waals surface area contributed by atoms with Gasteiger partial charge in [-0.1, -0.05) is 6.92 Å². The van der Waals surface area contributed by atoms with Gasteiger partial charge in [-0.3, -0.25) is 0 Å². The SMILES string of the molecule is CCCN(CCO)C(=O)NCC(OC)C(=O)O. The number of methoxy groups -OCH3 is 1. The largest absolute Gasteiger partial charge is 0.479 e. The predicted molar refractivity (Wildman–Crippen MR) is 60.8 cm³/mol. The number of hydrogen-bond acceptors (Lipinski definition) is 4. The number of nitrogens with zero attached hydrogens (tertiary/aromatic N) is 1. The summed E-state index contributed by atoms with van der Waals surface area (Å²) in [5, 5.41) is 19.9. The van der Waals surface area contributed by atoms with E-state index >= 15 is 0 Å². The zero-order valence-corrected chi connectivity index (χ0v) is 10.2. The first-order chi connectivity index (χ1) is 8.06. The third kappa shape index (κ3) is 6.08. The van der Waals surface area contributed by atoms with Gasteiger partial charge in [0.15, 0.2) is 6.10 Å². The molecule has 100 valence electrons. The monoisotopic (exact) mass is 248 g/mol. The number of carboxylic acid groups (broad SMARTS) is 1. The summed E-state index contributed by atoms with van der Waals surface area (Å²) in [5.41, 5.74) is 0. The van der Waals surface area contributed by atoms with Crippen LogP contribution in [-0.4, -0.2) is 66.6 Å². The second-order valence-electron chi connectivity index (χ2n) is 3.46. The molecular weight excluding hydrogens is 228 g/mol. The van der Waals surface area contributed by atoms with Crippen molar-refractivity contribution in [3.63, 3.8) is 0 Å². The van der Waals surface area contributed by atoms with Gasteiger partial charge in [-0.15, -0.1) is 0 Å². The van der Waals surface area contributed by atoms with Crippen LogP contribution in [0.2, 0.25) is 0 Å². The number of amides is 2. The second kappa shape index (κ2) is 8.77. The zero-order chi connectivity index (χ0) is 13.3. The molecule has 0 aromatic carbocycles. The number of aliphatic hydroxyl groups excluding tert-OH is 1. The number of urea groups is 1. The molecule has 0 aromatic heterocycles. The highest BCUT2D eigenvalue weighted by molar-refractivity contribution is 5.77. The molecule has 7 heteroatoms. The summed E-state index contributed by atoms with van der Waals surface area (Å²) in [6.45, 7) is 2.42. The van der Waals surface area contributed by atoms with Crippen molar-refractivity contribution in [1.29, 1.82) is 0 Å². The van der Waals surface area contributed by atoms with Crippen molar-refractivity contribution in [3.8, 4) is 0 Å². The van der Waals surface area contributed by atoms with Crippen LogP contribution in [0.1, 0.15) is 13.3 Å². The van der Waals surface area contributed by atoms with Crippen LogP contribution in [0.3, 0.4) is 0 Å². The molecule has 2 amide bonds. The third-order valence-corrected chi connectivity index (χ3v) is 2.15. The lowest BCUT2D eigenvalue weighted by Gasteiger charge is -2.22. The van der Waals surface area contributed by atoms with E-state index in [9.17, 15) is 9.59 Å². The highest BCUT2D eigenvalue weighted by Crippen LogP contribution is 1.94. The molecule has 0 bridgehead atoms. The lowest BCUT2D eigenvalue weighted by Crippen LogP contribution is -2.46. The fourth-order valence-corrected chi connectivity index (χ4v) is 1.27. The normalized spacial score (nSPS) is 11.9. The number of carbonyl (C=O) groups excluding carboxylic acids is 1. The standard InChI is InChI=1S/C10H20N2O5/c1-3-4-12(5-6-13)10(16)11-7-8(17-2)9(14)15/h8,13H,3-7H2,1-2H3,(H,11,16)(H,14,15). The molecule has 0 fully saturated rings. The Bertz CT molecular complexity index is 241. The maximum Gasteiger partial charge on any atom is 0.334 e. The molecule has 0 saturated carbocycles. The Morgan fingerprint density at radius 3 is 2.47 bits per heavy atom. The zero-order valence-electron chi connectivity index (χ0n) is 10.2. The van der Waals surface area contributed by atoms with Crippen LogP contribution in [0.15, 0.2) is 0 Å². The van der Waals surface area contributed by atoms with Gasteiger partial charge in [-0.2, -0.15) is 0 Å². The molecule has 0 rings (SSSR count). The summed E-state index contributed by atoms with van der Waals surface area (Å²) in [5.74, 6) is -1.13. The third-order valence-electron chi connectivity index (χ3n) is 2.15. The van der Waals surface area contributed by atoms with Crippen molar-refractivity contribution in [2.75, 3.05) is 33.4 Å². The molecule has 0 aromatic rings. The molecule has 0 aliphatic heterocycles. The lowest BCUT2D eigenvalue weighted by atomic mass is 10.3. The van der Waals surface area contributed by atoms with Gasteiger partial charge in [0.05, 0.1) is 13.2 Å². The summed E-state index contributed by atoms with van der Waals surface area (Å²) >= 11 is 0. The number of carboxylic acids is 1.